The van der Waals surface area contributed by atoms with Gasteiger partial charge in [0.25, 0.3) is 0 Å². The maximum Gasteiger partial charge on any atom is 0.306 e. The van der Waals surface area contributed by atoms with Crippen LogP contribution in [0.25, 0.3) is 0 Å². The zero-order valence-electron chi connectivity index (χ0n) is 32.6. The molecule has 52 heavy (non-hydrogen) atoms. The summed E-state index contributed by atoms with van der Waals surface area (Å²) in [6, 6.07) is 0. The first-order chi connectivity index (χ1) is 25.3. The second kappa shape index (κ2) is 33.5. The van der Waals surface area contributed by atoms with Crippen molar-refractivity contribution in [2.24, 2.45) is 0 Å². The molecule has 0 aromatic heterocycles. The first kappa shape index (κ1) is 47.9. The van der Waals surface area contributed by atoms with Crippen LogP contribution in [0.4, 0.5) is 0 Å². The van der Waals surface area contributed by atoms with Crippen molar-refractivity contribution in [1.82, 2.24) is 0 Å². The highest BCUT2D eigenvalue weighted by molar-refractivity contribution is 5.70. The Morgan fingerprint density at radius 3 is 1.69 bits per heavy atom. The van der Waals surface area contributed by atoms with Crippen LogP contribution < -0.4 is 0 Å². The summed E-state index contributed by atoms with van der Waals surface area (Å²) in [5, 5.41) is 39.9. The van der Waals surface area contributed by atoms with Gasteiger partial charge in [0.1, 0.15) is 31.0 Å². The van der Waals surface area contributed by atoms with Crippen molar-refractivity contribution < 1.29 is 49.0 Å². The van der Waals surface area contributed by atoms with Crippen LogP contribution in [0.15, 0.2) is 36.5 Å². The van der Waals surface area contributed by atoms with E-state index in [4.69, 9.17) is 18.9 Å². The van der Waals surface area contributed by atoms with Gasteiger partial charge in [-0.15, -0.1) is 0 Å². The van der Waals surface area contributed by atoms with E-state index >= 15 is 0 Å². The lowest BCUT2D eigenvalue weighted by molar-refractivity contribution is -0.305. The van der Waals surface area contributed by atoms with Gasteiger partial charge in [0.2, 0.25) is 0 Å². The van der Waals surface area contributed by atoms with E-state index < -0.39 is 55.4 Å². The summed E-state index contributed by atoms with van der Waals surface area (Å²) in [7, 11) is 0. The van der Waals surface area contributed by atoms with Gasteiger partial charge < -0.3 is 39.4 Å². The number of unbranched alkanes of at least 4 members (excludes halogenated alkanes) is 16. The molecule has 1 rings (SSSR count). The molecule has 1 aliphatic rings. The summed E-state index contributed by atoms with van der Waals surface area (Å²) >= 11 is 0. The van der Waals surface area contributed by atoms with Crippen LogP contribution in [0.2, 0.25) is 0 Å². The van der Waals surface area contributed by atoms with Crippen LogP contribution >= 0.6 is 0 Å². The van der Waals surface area contributed by atoms with Gasteiger partial charge in [0, 0.05) is 12.8 Å². The number of ether oxygens (including phenoxy) is 4. The standard InChI is InChI=1S/C42H74O10/c1-3-5-7-9-11-13-15-17-19-21-23-25-27-29-31-38(45)51-35(34-50-42-41(48)40(47)39(46)36(32-43)52-42)33-49-37(44)30-28-26-24-22-20-18-16-14-12-10-8-6-4-2/h9,11,15,17-18,20,35-36,39-43,46-48H,3-8,10,12-14,16,19,21-34H2,1-2H3/b11-9+,17-15+,20-18+/t35-,36-,39+,40?,41?,42-/m0/s1. The molecular formula is C42H74O10. The van der Waals surface area contributed by atoms with Gasteiger partial charge in [0.15, 0.2) is 12.4 Å². The van der Waals surface area contributed by atoms with Crippen molar-refractivity contribution in [3.05, 3.63) is 36.5 Å². The van der Waals surface area contributed by atoms with E-state index in [2.05, 4.69) is 50.3 Å². The molecule has 4 N–H and O–H groups in total. The molecule has 0 saturated carbocycles. The lowest BCUT2D eigenvalue weighted by Crippen LogP contribution is -2.59. The molecule has 10 nitrogen and oxygen atoms in total. The summed E-state index contributed by atoms with van der Waals surface area (Å²) in [5.41, 5.74) is 0. The topological polar surface area (TPSA) is 152 Å². The number of esters is 2. The smallest absolute Gasteiger partial charge is 0.306 e. The van der Waals surface area contributed by atoms with Crippen LogP contribution in [0.3, 0.4) is 0 Å². The Labute approximate surface area is 315 Å². The van der Waals surface area contributed by atoms with Gasteiger partial charge in [0.05, 0.1) is 13.2 Å². The molecule has 0 aromatic carbocycles. The summed E-state index contributed by atoms with van der Waals surface area (Å²) in [5.74, 6) is -0.844. The average molecular weight is 739 g/mol. The molecule has 1 heterocycles. The third-order valence-electron chi connectivity index (χ3n) is 9.25. The fourth-order valence-electron chi connectivity index (χ4n) is 5.90. The van der Waals surface area contributed by atoms with E-state index in [1.807, 2.05) is 0 Å². The third-order valence-corrected chi connectivity index (χ3v) is 9.25. The Hall–Kier alpha value is -2.08. The van der Waals surface area contributed by atoms with Crippen molar-refractivity contribution >= 4 is 11.9 Å². The van der Waals surface area contributed by atoms with Crippen LogP contribution in [-0.2, 0) is 28.5 Å². The predicted molar refractivity (Wildman–Crippen MR) is 206 cm³/mol. The Bertz CT molecular complexity index is 949. The van der Waals surface area contributed by atoms with Crippen molar-refractivity contribution in [2.45, 2.75) is 198 Å². The minimum absolute atomic E-state index is 0.210. The molecule has 0 amide bonds. The van der Waals surface area contributed by atoms with Crippen LogP contribution in [0, 0.1) is 0 Å². The van der Waals surface area contributed by atoms with Crippen molar-refractivity contribution in [3.63, 3.8) is 0 Å². The number of aliphatic hydroxyl groups is 4. The monoisotopic (exact) mass is 739 g/mol. The third kappa shape index (κ3) is 25.0. The second-order valence-corrected chi connectivity index (χ2v) is 14.1. The molecule has 2 unspecified atom stereocenters. The second-order valence-electron chi connectivity index (χ2n) is 14.1. The van der Waals surface area contributed by atoms with Gasteiger partial charge in [-0.3, -0.25) is 9.59 Å². The van der Waals surface area contributed by atoms with Crippen molar-refractivity contribution in [3.8, 4) is 0 Å². The summed E-state index contributed by atoms with van der Waals surface area (Å²) in [6.45, 7) is 3.33. The number of carbonyl (C=O) groups is 2. The van der Waals surface area contributed by atoms with Crippen molar-refractivity contribution in [2.75, 3.05) is 19.8 Å². The van der Waals surface area contributed by atoms with Gasteiger partial charge >= 0.3 is 11.9 Å². The van der Waals surface area contributed by atoms with Gasteiger partial charge in [-0.1, -0.05) is 121 Å². The normalized spacial score (nSPS) is 21.4. The van der Waals surface area contributed by atoms with Crippen LogP contribution in [0.1, 0.15) is 162 Å². The van der Waals surface area contributed by atoms with Gasteiger partial charge in [-0.2, -0.15) is 0 Å². The van der Waals surface area contributed by atoms with E-state index in [-0.39, 0.29) is 26.1 Å². The molecule has 302 valence electrons. The van der Waals surface area contributed by atoms with E-state index in [9.17, 15) is 30.0 Å². The highest BCUT2D eigenvalue weighted by atomic mass is 16.7. The molecule has 1 saturated heterocycles. The number of aliphatic hydroxyl groups excluding tert-OH is 4. The highest BCUT2D eigenvalue weighted by Gasteiger charge is 2.44. The molecule has 0 bridgehead atoms. The Balaban J connectivity index is 2.40. The molecule has 6 atom stereocenters. The molecule has 0 spiro atoms. The number of carbonyl (C=O) groups excluding carboxylic acids is 2. The number of rotatable bonds is 33. The van der Waals surface area contributed by atoms with E-state index in [1.165, 1.54) is 51.4 Å². The molecular weight excluding hydrogens is 664 g/mol. The maximum atomic E-state index is 12.7. The molecule has 10 heteroatoms. The quantitative estimate of drug-likeness (QED) is 0.0297. The van der Waals surface area contributed by atoms with Crippen LogP contribution in [-0.4, -0.2) is 89.0 Å². The molecule has 1 fully saturated rings. The van der Waals surface area contributed by atoms with E-state index in [0.29, 0.717) is 12.8 Å². The SMILES string of the molecule is CCCC/C=C/C/C=C/CCCCCCCC(=O)O[C@@H](COC(=O)CCCCC/C=C/CCCCCCCC)CO[C@H]1O[C@@H](CO)[C@@H](O)C(O)C1O. The van der Waals surface area contributed by atoms with Crippen molar-refractivity contribution in [1.29, 1.82) is 0 Å². The Morgan fingerprint density at radius 1 is 0.596 bits per heavy atom. The fraction of sp³-hybridized carbons (Fsp3) is 0.810. The minimum Gasteiger partial charge on any atom is -0.462 e. The van der Waals surface area contributed by atoms with Gasteiger partial charge in [-0.25, -0.2) is 0 Å². The maximum absolute atomic E-state index is 12.7. The Kier molecular flexibility index (Phi) is 30.9. The van der Waals surface area contributed by atoms with E-state index in [1.54, 1.807) is 0 Å². The molecule has 0 radical (unpaired) electrons. The molecule has 0 aliphatic carbocycles. The summed E-state index contributed by atoms with van der Waals surface area (Å²) < 4.78 is 22.1. The number of allylic oxidation sites excluding steroid dienone is 6. The van der Waals surface area contributed by atoms with E-state index in [0.717, 1.165) is 70.6 Å². The first-order valence-electron chi connectivity index (χ1n) is 20.6. The predicted octanol–water partition coefficient (Wildman–Crippen LogP) is 7.94. The van der Waals surface area contributed by atoms with Crippen LogP contribution in [0.5, 0.6) is 0 Å². The highest BCUT2D eigenvalue weighted by Crippen LogP contribution is 2.22. The summed E-state index contributed by atoms with van der Waals surface area (Å²) in [4.78, 5) is 25.2. The molecule has 0 aromatic rings. The number of hydrogen-bond acceptors (Lipinski definition) is 10. The summed E-state index contributed by atoms with van der Waals surface area (Å²) in [6.07, 6.45) is 28.6. The fourth-order valence-corrected chi connectivity index (χ4v) is 5.90. The minimum atomic E-state index is -1.60. The zero-order chi connectivity index (χ0) is 38.1. The Morgan fingerprint density at radius 2 is 1.10 bits per heavy atom. The number of hydrogen-bond donors (Lipinski definition) is 4. The van der Waals surface area contributed by atoms with Gasteiger partial charge in [-0.05, 0) is 64.2 Å². The lowest BCUT2D eigenvalue weighted by Gasteiger charge is -2.39. The first-order valence-corrected chi connectivity index (χ1v) is 20.6. The zero-order valence-corrected chi connectivity index (χ0v) is 32.6. The largest absolute Gasteiger partial charge is 0.462 e. The average Bonchev–Trinajstić information content (AvgIpc) is 3.14. The molecule has 1 aliphatic heterocycles. The lowest BCUT2D eigenvalue weighted by atomic mass is 9.99.